The fourth-order valence-corrected chi connectivity index (χ4v) is 5.99. The largest absolute Gasteiger partial charge is 0.511 e. The average Bonchev–Trinajstić information content (AvgIpc) is 3.10. The first kappa shape index (κ1) is 20.6. The quantitative estimate of drug-likeness (QED) is 0.412. The molecule has 0 saturated heterocycles. The summed E-state index contributed by atoms with van der Waals surface area (Å²) in [5.74, 6) is -1.61. The van der Waals surface area contributed by atoms with Crippen LogP contribution in [0.2, 0.25) is 0 Å². The predicted octanol–water partition coefficient (Wildman–Crippen LogP) is 0.0103. The van der Waals surface area contributed by atoms with Crippen LogP contribution in [-0.4, -0.2) is 52.0 Å². The topological polar surface area (TPSA) is 180 Å². The summed E-state index contributed by atoms with van der Waals surface area (Å²) in [4.78, 5) is 12.3. The Hall–Kier alpha value is -2.64. The monoisotopic (exact) mass is 455 g/mol. The number of hydrogen-bond acceptors (Lipinski definition) is 8. The second kappa shape index (κ2) is 7.25. The van der Waals surface area contributed by atoms with Gasteiger partial charge >= 0.3 is 0 Å². The van der Waals surface area contributed by atoms with E-state index in [0.29, 0.717) is 6.42 Å². The van der Waals surface area contributed by atoms with Gasteiger partial charge in [0.25, 0.3) is 15.9 Å². The highest BCUT2D eigenvalue weighted by atomic mass is 32.2. The van der Waals surface area contributed by atoms with E-state index in [1.54, 1.807) is 0 Å². The van der Waals surface area contributed by atoms with E-state index in [1.165, 1.54) is 12.1 Å². The zero-order chi connectivity index (χ0) is 21.7. The molecule has 0 bridgehead atoms. The molecular weight excluding hydrogens is 434 g/mol. The van der Waals surface area contributed by atoms with E-state index in [4.69, 9.17) is 5.73 Å². The van der Waals surface area contributed by atoms with Gasteiger partial charge in [0.15, 0.2) is 5.84 Å². The Labute approximate surface area is 173 Å². The van der Waals surface area contributed by atoms with Gasteiger partial charge in [0.2, 0.25) is 10.0 Å². The van der Waals surface area contributed by atoms with Gasteiger partial charge in [-0.05, 0) is 31.0 Å². The number of nitrogens with one attached hydrogen (secondary N) is 3. The molecule has 2 unspecified atom stereocenters. The van der Waals surface area contributed by atoms with Gasteiger partial charge in [0.05, 0.1) is 11.4 Å². The lowest BCUT2D eigenvalue weighted by atomic mass is 9.92. The number of aliphatic hydroxyl groups is 1. The molecule has 3 aliphatic rings. The highest BCUT2D eigenvalue weighted by Crippen LogP contribution is 2.37. The van der Waals surface area contributed by atoms with Crippen LogP contribution in [0.4, 0.5) is 11.4 Å². The number of fused-ring (bicyclic) bond motifs is 2. The summed E-state index contributed by atoms with van der Waals surface area (Å²) in [6.07, 6.45) is 2.28. The molecule has 0 spiro atoms. The Morgan fingerprint density at radius 2 is 2.07 bits per heavy atom. The Morgan fingerprint density at radius 1 is 1.30 bits per heavy atom. The Bertz CT molecular complexity index is 1190. The van der Waals surface area contributed by atoms with E-state index in [1.807, 2.05) is 0 Å². The lowest BCUT2D eigenvalue weighted by Gasteiger charge is -2.29. The van der Waals surface area contributed by atoms with Crippen molar-refractivity contribution >= 4 is 43.2 Å². The van der Waals surface area contributed by atoms with Crippen LogP contribution in [0, 0.1) is 5.92 Å². The smallest absolute Gasteiger partial charge is 0.286 e. The van der Waals surface area contributed by atoms with Crippen LogP contribution in [0.5, 0.6) is 0 Å². The maximum absolute atomic E-state index is 12.8. The summed E-state index contributed by atoms with van der Waals surface area (Å²) in [6.45, 7) is -0.0870. The second-order valence-corrected chi connectivity index (χ2v) is 10.8. The zero-order valence-corrected chi connectivity index (χ0v) is 17.4. The van der Waals surface area contributed by atoms with E-state index in [9.17, 15) is 26.7 Å². The molecule has 2 heterocycles. The average molecular weight is 456 g/mol. The molecule has 1 amide bonds. The molecule has 1 saturated carbocycles. The molecule has 0 aromatic heterocycles. The molecule has 6 N–H and O–H groups in total. The van der Waals surface area contributed by atoms with Crippen molar-refractivity contribution in [3.8, 4) is 0 Å². The molecule has 2 aliphatic heterocycles. The lowest BCUT2D eigenvalue weighted by molar-refractivity contribution is -0.118. The van der Waals surface area contributed by atoms with Gasteiger partial charge in [0, 0.05) is 24.2 Å². The van der Waals surface area contributed by atoms with Crippen LogP contribution in [0.3, 0.4) is 0 Å². The summed E-state index contributed by atoms with van der Waals surface area (Å²) >= 11 is 0. The van der Waals surface area contributed by atoms with Crippen molar-refractivity contribution in [2.24, 2.45) is 16.0 Å². The maximum Gasteiger partial charge on any atom is 0.286 e. The highest BCUT2D eigenvalue weighted by Gasteiger charge is 2.42. The van der Waals surface area contributed by atoms with Gasteiger partial charge in [-0.25, -0.2) is 8.42 Å². The number of aliphatic hydroxyl groups excluding tert-OH is 1. The van der Waals surface area contributed by atoms with E-state index in [2.05, 4.69) is 19.8 Å². The van der Waals surface area contributed by atoms with Crippen LogP contribution < -0.4 is 21.1 Å². The highest BCUT2D eigenvalue weighted by molar-refractivity contribution is 7.92. The summed E-state index contributed by atoms with van der Waals surface area (Å²) in [6, 6.07) is 3.70. The molecular formula is C17H21N5O6S2. The fraction of sp³-hybridized carbons (Fsp3) is 0.412. The Balaban J connectivity index is 1.70. The van der Waals surface area contributed by atoms with Crippen molar-refractivity contribution in [1.29, 1.82) is 0 Å². The van der Waals surface area contributed by atoms with E-state index >= 15 is 0 Å². The van der Waals surface area contributed by atoms with Crippen LogP contribution in [0.15, 0.2) is 38.8 Å². The molecule has 13 heteroatoms. The number of amides is 1. The minimum absolute atomic E-state index is 0.0393. The van der Waals surface area contributed by atoms with Gasteiger partial charge in [0.1, 0.15) is 16.2 Å². The number of amidine groups is 1. The molecule has 30 heavy (non-hydrogen) atoms. The number of nitrogens with two attached hydrogens (primary N) is 1. The van der Waals surface area contributed by atoms with Crippen molar-refractivity contribution in [2.45, 2.75) is 30.2 Å². The van der Waals surface area contributed by atoms with Gasteiger partial charge in [-0.1, -0.05) is 6.42 Å². The SMILES string of the molecule is NCCS(=O)(=O)Nc1ccc2c(c1)S(=O)(=O)N=C(C1=C(O)C3CCCC3NC1=O)N2. The number of nitrogens with zero attached hydrogens (tertiary/aromatic N) is 1. The van der Waals surface area contributed by atoms with E-state index in [0.717, 1.165) is 18.9 Å². The number of rotatable bonds is 5. The summed E-state index contributed by atoms with van der Waals surface area (Å²) in [7, 11) is -7.98. The first-order chi connectivity index (χ1) is 14.1. The van der Waals surface area contributed by atoms with Crippen LogP contribution in [0.25, 0.3) is 0 Å². The molecule has 2 atom stereocenters. The summed E-state index contributed by atoms with van der Waals surface area (Å²) in [5.41, 5.74) is 5.22. The Morgan fingerprint density at radius 3 is 2.80 bits per heavy atom. The molecule has 1 aromatic rings. The van der Waals surface area contributed by atoms with Crippen molar-refractivity contribution in [3.63, 3.8) is 0 Å². The predicted molar refractivity (Wildman–Crippen MR) is 110 cm³/mol. The van der Waals surface area contributed by atoms with Crippen molar-refractivity contribution < 1.29 is 26.7 Å². The van der Waals surface area contributed by atoms with Gasteiger partial charge < -0.3 is 21.5 Å². The molecule has 1 aromatic carbocycles. The molecule has 1 aliphatic carbocycles. The van der Waals surface area contributed by atoms with Gasteiger partial charge in [-0.3, -0.25) is 9.52 Å². The number of carbonyl (C=O) groups is 1. The Kier molecular flexibility index (Phi) is 4.98. The van der Waals surface area contributed by atoms with Crippen LogP contribution >= 0.6 is 0 Å². The fourth-order valence-electron chi connectivity index (χ4n) is 3.95. The number of carbonyl (C=O) groups excluding carboxylic acids is 1. The molecule has 162 valence electrons. The first-order valence-electron chi connectivity index (χ1n) is 9.32. The molecule has 11 nitrogen and oxygen atoms in total. The minimum Gasteiger partial charge on any atom is -0.511 e. The minimum atomic E-state index is -4.26. The van der Waals surface area contributed by atoms with E-state index < -0.39 is 26.0 Å². The number of hydrogen-bond donors (Lipinski definition) is 5. The van der Waals surface area contributed by atoms with Crippen LogP contribution in [-0.2, 0) is 24.8 Å². The number of anilines is 2. The second-order valence-electron chi connectivity index (χ2n) is 7.34. The van der Waals surface area contributed by atoms with Gasteiger partial charge in [-0.2, -0.15) is 8.42 Å². The number of sulfonamides is 2. The van der Waals surface area contributed by atoms with Crippen molar-refractivity contribution in [1.82, 2.24) is 5.32 Å². The summed E-state index contributed by atoms with van der Waals surface area (Å²) < 4.78 is 55.2. The van der Waals surface area contributed by atoms with Gasteiger partial charge in [-0.15, -0.1) is 4.40 Å². The summed E-state index contributed by atoms with van der Waals surface area (Å²) in [5, 5.41) is 16.2. The lowest BCUT2D eigenvalue weighted by Crippen LogP contribution is -2.47. The van der Waals surface area contributed by atoms with E-state index in [-0.39, 0.29) is 57.7 Å². The van der Waals surface area contributed by atoms with Crippen molar-refractivity contribution in [2.75, 3.05) is 22.3 Å². The third kappa shape index (κ3) is 3.63. The molecule has 0 radical (unpaired) electrons. The maximum atomic E-state index is 12.8. The van der Waals surface area contributed by atoms with Crippen LogP contribution in [0.1, 0.15) is 19.3 Å². The third-order valence-corrected chi connectivity index (χ3v) is 7.92. The zero-order valence-electron chi connectivity index (χ0n) is 15.8. The van der Waals surface area contributed by atoms with Crippen molar-refractivity contribution in [3.05, 3.63) is 29.5 Å². The number of benzene rings is 1. The molecule has 1 fully saturated rings. The normalized spacial score (nSPS) is 25.0. The standard InChI is InChI=1S/C17H21N5O6S2/c18-6-7-29(25,26)21-9-4-5-12-13(8-9)30(27,28)22-16(19-12)14-15(23)10-2-1-3-11(10)20-17(14)24/h4-5,8,10-11,21,23H,1-3,6-7,18H2,(H,19,22)(H,20,24). The third-order valence-electron chi connectivity index (χ3n) is 5.29. The first-order valence-corrected chi connectivity index (χ1v) is 12.4. The molecule has 4 rings (SSSR count).